The first-order chi connectivity index (χ1) is 14.4. The molecule has 2 aromatic carbocycles. The molecule has 0 spiro atoms. The molecule has 3 rings (SSSR count). The van der Waals surface area contributed by atoms with Crippen LogP contribution in [0.25, 0.3) is 0 Å². The number of anilines is 1. The van der Waals surface area contributed by atoms with Gasteiger partial charge in [-0.1, -0.05) is 17.8 Å². The lowest BCUT2D eigenvalue weighted by molar-refractivity contribution is -0.118. The summed E-state index contributed by atoms with van der Waals surface area (Å²) >= 11 is 1.43. The van der Waals surface area contributed by atoms with Crippen LogP contribution >= 0.6 is 11.8 Å². The largest absolute Gasteiger partial charge is 0.483 e. The van der Waals surface area contributed by atoms with Crippen molar-refractivity contribution < 1.29 is 14.3 Å². The second kappa shape index (κ2) is 10.0. The summed E-state index contributed by atoms with van der Waals surface area (Å²) in [4.78, 5) is 32.5. The molecule has 7 heteroatoms. The lowest BCUT2D eigenvalue weighted by Crippen LogP contribution is -2.20. The molecule has 0 radical (unpaired) electrons. The van der Waals surface area contributed by atoms with Gasteiger partial charge in [0.1, 0.15) is 5.75 Å². The van der Waals surface area contributed by atoms with Crippen molar-refractivity contribution in [3.63, 3.8) is 0 Å². The number of ether oxygens (including phenoxy) is 1. The van der Waals surface area contributed by atoms with E-state index in [1.54, 1.807) is 36.7 Å². The molecule has 0 saturated carbocycles. The highest BCUT2D eigenvalue weighted by Crippen LogP contribution is 2.27. The number of carbonyl (C=O) groups excluding carboxylic acids is 2. The van der Waals surface area contributed by atoms with E-state index >= 15 is 0 Å². The first-order valence-electron chi connectivity index (χ1n) is 9.46. The van der Waals surface area contributed by atoms with Crippen molar-refractivity contribution in [2.24, 2.45) is 0 Å². The second-order valence-corrected chi connectivity index (χ2v) is 7.78. The minimum atomic E-state index is -0.251. The molecule has 0 unspecified atom stereocenters. The van der Waals surface area contributed by atoms with E-state index in [9.17, 15) is 9.59 Å². The van der Waals surface area contributed by atoms with E-state index in [2.05, 4.69) is 15.3 Å². The van der Waals surface area contributed by atoms with E-state index in [0.717, 1.165) is 16.8 Å². The molecule has 6 nitrogen and oxygen atoms in total. The van der Waals surface area contributed by atoms with Crippen molar-refractivity contribution in [1.82, 2.24) is 9.97 Å². The Labute approximate surface area is 180 Å². The van der Waals surface area contributed by atoms with Crippen LogP contribution in [0.15, 0.2) is 60.0 Å². The number of amides is 1. The van der Waals surface area contributed by atoms with Crippen LogP contribution in [0.4, 0.5) is 5.69 Å². The third-order valence-corrected chi connectivity index (χ3v) is 5.44. The van der Waals surface area contributed by atoms with Gasteiger partial charge >= 0.3 is 0 Å². The number of nitrogens with one attached hydrogen (secondary N) is 1. The van der Waals surface area contributed by atoms with E-state index in [0.29, 0.717) is 22.2 Å². The molecule has 0 aliphatic heterocycles. The predicted octanol–water partition coefficient (Wildman–Crippen LogP) is 4.61. The highest BCUT2D eigenvalue weighted by atomic mass is 32.2. The topological polar surface area (TPSA) is 81.2 Å². The Hall–Kier alpha value is -3.19. The van der Waals surface area contributed by atoms with Gasteiger partial charge in [-0.25, -0.2) is 9.97 Å². The molecule has 0 atom stereocenters. The highest BCUT2D eigenvalue weighted by molar-refractivity contribution is 7.98. The molecular weight excluding hydrogens is 398 g/mol. The van der Waals surface area contributed by atoms with Crippen LogP contribution in [0.5, 0.6) is 5.75 Å². The number of aryl methyl sites for hydroxylation is 2. The third kappa shape index (κ3) is 5.90. The lowest BCUT2D eigenvalue weighted by atomic mass is 10.1. The van der Waals surface area contributed by atoms with Crippen molar-refractivity contribution in [3.05, 3.63) is 77.1 Å². The standard InChI is InChI=1S/C23H23N3O3S/c1-15-5-7-20(11-16(15)2)26-22(28)13-29-21-8-6-18(17(3)27)12-19(21)14-30-23-24-9-4-10-25-23/h4-12H,13-14H2,1-3H3,(H,26,28). The molecule has 0 bridgehead atoms. The summed E-state index contributed by atoms with van der Waals surface area (Å²) in [6.45, 7) is 5.41. The van der Waals surface area contributed by atoms with E-state index in [1.807, 2.05) is 32.0 Å². The van der Waals surface area contributed by atoms with Crippen LogP contribution in [-0.4, -0.2) is 28.3 Å². The van der Waals surface area contributed by atoms with Gasteiger partial charge in [0.05, 0.1) is 0 Å². The maximum atomic E-state index is 12.3. The highest BCUT2D eigenvalue weighted by Gasteiger charge is 2.12. The van der Waals surface area contributed by atoms with Gasteiger partial charge < -0.3 is 10.1 Å². The monoisotopic (exact) mass is 421 g/mol. The SMILES string of the molecule is CC(=O)c1ccc(OCC(=O)Nc2ccc(C)c(C)c2)c(CSc2ncccn2)c1. The van der Waals surface area contributed by atoms with Gasteiger partial charge in [0, 0.05) is 35.0 Å². The average molecular weight is 422 g/mol. The Kier molecular flexibility index (Phi) is 7.19. The summed E-state index contributed by atoms with van der Waals surface area (Å²) < 4.78 is 5.77. The second-order valence-electron chi connectivity index (χ2n) is 6.83. The number of hydrogen-bond acceptors (Lipinski definition) is 6. The van der Waals surface area contributed by atoms with Crippen molar-refractivity contribution in [3.8, 4) is 5.75 Å². The van der Waals surface area contributed by atoms with Crippen molar-refractivity contribution in [1.29, 1.82) is 0 Å². The fraction of sp³-hybridized carbons (Fsp3) is 0.217. The fourth-order valence-corrected chi connectivity index (χ4v) is 3.49. The van der Waals surface area contributed by atoms with E-state index < -0.39 is 0 Å². The Morgan fingerprint density at radius 1 is 1.03 bits per heavy atom. The molecule has 0 aliphatic rings. The van der Waals surface area contributed by atoms with Crippen LogP contribution in [0.3, 0.4) is 0 Å². The van der Waals surface area contributed by atoms with Gasteiger partial charge in [0.15, 0.2) is 17.5 Å². The number of nitrogens with zero attached hydrogens (tertiary/aromatic N) is 2. The van der Waals surface area contributed by atoms with Crippen LogP contribution in [-0.2, 0) is 10.5 Å². The summed E-state index contributed by atoms with van der Waals surface area (Å²) in [5, 5.41) is 3.47. The van der Waals surface area contributed by atoms with E-state index in [4.69, 9.17) is 4.74 Å². The Bertz CT molecular complexity index is 1050. The third-order valence-electron chi connectivity index (χ3n) is 4.52. The number of Topliss-reactive ketones (excluding diaryl/α,β-unsaturated/α-hetero) is 1. The van der Waals surface area contributed by atoms with Crippen molar-refractivity contribution in [2.75, 3.05) is 11.9 Å². The fourth-order valence-electron chi connectivity index (χ4n) is 2.71. The van der Waals surface area contributed by atoms with Gasteiger partial charge in [0.25, 0.3) is 5.91 Å². The summed E-state index contributed by atoms with van der Waals surface area (Å²) in [6.07, 6.45) is 3.35. The molecule has 154 valence electrons. The number of rotatable bonds is 8. The smallest absolute Gasteiger partial charge is 0.262 e. The first-order valence-corrected chi connectivity index (χ1v) is 10.4. The Balaban J connectivity index is 1.68. The summed E-state index contributed by atoms with van der Waals surface area (Å²) in [5.41, 5.74) is 4.40. The molecule has 1 amide bonds. The van der Waals surface area contributed by atoms with E-state index in [1.165, 1.54) is 24.2 Å². The maximum Gasteiger partial charge on any atom is 0.262 e. The maximum absolute atomic E-state index is 12.3. The average Bonchev–Trinajstić information content (AvgIpc) is 2.74. The number of hydrogen-bond donors (Lipinski definition) is 1. The van der Waals surface area contributed by atoms with Gasteiger partial charge in [0.2, 0.25) is 0 Å². The molecule has 1 heterocycles. The summed E-state index contributed by atoms with van der Waals surface area (Å²) in [6, 6.07) is 12.7. The molecule has 0 fully saturated rings. The van der Waals surface area contributed by atoms with Gasteiger partial charge in [-0.3, -0.25) is 9.59 Å². The predicted molar refractivity (Wildman–Crippen MR) is 118 cm³/mol. The minimum Gasteiger partial charge on any atom is -0.483 e. The summed E-state index contributed by atoms with van der Waals surface area (Å²) in [5.74, 6) is 0.785. The first kappa shape index (κ1) is 21.5. The van der Waals surface area contributed by atoms with Crippen LogP contribution in [0.2, 0.25) is 0 Å². The zero-order chi connectivity index (χ0) is 21.5. The van der Waals surface area contributed by atoms with Gasteiger partial charge in [-0.15, -0.1) is 0 Å². The zero-order valence-electron chi connectivity index (χ0n) is 17.1. The number of ketones is 1. The molecule has 0 saturated heterocycles. The minimum absolute atomic E-state index is 0.0313. The number of benzene rings is 2. The zero-order valence-corrected chi connectivity index (χ0v) is 18.0. The Morgan fingerprint density at radius 3 is 2.50 bits per heavy atom. The molecule has 1 aromatic heterocycles. The molecule has 0 aliphatic carbocycles. The van der Waals surface area contributed by atoms with Crippen LogP contribution < -0.4 is 10.1 Å². The lowest BCUT2D eigenvalue weighted by Gasteiger charge is -2.13. The summed E-state index contributed by atoms with van der Waals surface area (Å²) in [7, 11) is 0. The van der Waals surface area contributed by atoms with Crippen molar-refractivity contribution >= 4 is 29.1 Å². The Morgan fingerprint density at radius 2 is 1.80 bits per heavy atom. The number of aromatic nitrogens is 2. The van der Waals surface area contributed by atoms with Crippen LogP contribution in [0.1, 0.15) is 34.0 Å². The normalized spacial score (nSPS) is 10.5. The molecular formula is C23H23N3O3S. The molecule has 30 heavy (non-hydrogen) atoms. The van der Waals surface area contributed by atoms with Gasteiger partial charge in [-0.2, -0.15) is 0 Å². The number of thioether (sulfide) groups is 1. The quantitative estimate of drug-likeness (QED) is 0.325. The van der Waals surface area contributed by atoms with Crippen molar-refractivity contribution in [2.45, 2.75) is 31.7 Å². The van der Waals surface area contributed by atoms with Gasteiger partial charge in [-0.05, 0) is 68.3 Å². The molecule has 3 aromatic rings. The van der Waals surface area contributed by atoms with Crippen LogP contribution in [0, 0.1) is 13.8 Å². The molecule has 1 N–H and O–H groups in total. The number of carbonyl (C=O) groups is 2. The van der Waals surface area contributed by atoms with E-state index in [-0.39, 0.29) is 18.3 Å².